The fourth-order valence-corrected chi connectivity index (χ4v) is 1.70. The topological polar surface area (TPSA) is 78.8 Å². The summed E-state index contributed by atoms with van der Waals surface area (Å²) in [5.41, 5.74) is 0. The number of hydrogen-bond acceptors (Lipinski definition) is 4. The van der Waals surface area contributed by atoms with Crippen LogP contribution in [0.15, 0.2) is 4.99 Å². The molecule has 0 aromatic heterocycles. The van der Waals surface area contributed by atoms with Crippen LogP contribution in [0.5, 0.6) is 0 Å². The maximum absolute atomic E-state index is 10.4. The van der Waals surface area contributed by atoms with Gasteiger partial charge in [-0.25, -0.2) is 0 Å². The van der Waals surface area contributed by atoms with E-state index in [1.807, 2.05) is 0 Å². The van der Waals surface area contributed by atoms with E-state index in [0.29, 0.717) is 0 Å². The van der Waals surface area contributed by atoms with Crippen LogP contribution < -0.4 is 5.32 Å². The van der Waals surface area contributed by atoms with Gasteiger partial charge in [-0.05, 0) is 12.8 Å². The van der Waals surface area contributed by atoms with Crippen molar-refractivity contribution in [1.82, 2.24) is 5.32 Å². The van der Waals surface area contributed by atoms with Gasteiger partial charge >= 0.3 is 0 Å². The summed E-state index contributed by atoms with van der Waals surface area (Å²) in [6, 6.07) is 0. The molecule has 1 heterocycles. The van der Waals surface area contributed by atoms with Crippen molar-refractivity contribution in [2.75, 3.05) is 18.8 Å². The van der Waals surface area contributed by atoms with E-state index in [-0.39, 0.29) is 12.3 Å². The van der Waals surface area contributed by atoms with Crippen LogP contribution in [-0.2, 0) is 10.1 Å². The highest BCUT2D eigenvalue weighted by Crippen LogP contribution is 2.05. The summed E-state index contributed by atoms with van der Waals surface area (Å²) < 4.78 is 29.3. The smallest absolute Gasteiger partial charge is 0.266 e. The molecule has 0 radical (unpaired) electrons. The molecule has 0 aromatic carbocycles. The molecule has 0 unspecified atom stereocenters. The van der Waals surface area contributed by atoms with E-state index in [1.165, 1.54) is 6.42 Å². The monoisotopic (exact) mass is 220 g/mol. The summed E-state index contributed by atoms with van der Waals surface area (Å²) in [5.74, 6) is 0.609. The standard InChI is InChI=1S/C8H16N2O3S/c11-14(12,13)7-6-10-8-4-2-1-3-5-9-8/h1-7H2,(H,9,10)(H,11,12,13). The second-order valence-electron chi connectivity index (χ2n) is 3.35. The Morgan fingerprint density at radius 3 is 2.86 bits per heavy atom. The van der Waals surface area contributed by atoms with Crippen molar-refractivity contribution in [3.8, 4) is 0 Å². The van der Waals surface area contributed by atoms with E-state index < -0.39 is 10.1 Å². The zero-order valence-corrected chi connectivity index (χ0v) is 8.89. The highest BCUT2D eigenvalue weighted by molar-refractivity contribution is 7.85. The van der Waals surface area contributed by atoms with Crippen LogP contribution in [0.1, 0.15) is 25.7 Å². The molecule has 82 valence electrons. The maximum atomic E-state index is 10.4. The van der Waals surface area contributed by atoms with Crippen molar-refractivity contribution >= 4 is 16.0 Å². The third-order valence-corrected chi connectivity index (χ3v) is 2.78. The predicted octanol–water partition coefficient (Wildman–Crippen LogP) is 0.436. The summed E-state index contributed by atoms with van der Waals surface area (Å²) in [5, 5.41) is 2.93. The number of nitrogens with one attached hydrogen (secondary N) is 1. The van der Waals surface area contributed by atoms with Gasteiger partial charge in [-0.3, -0.25) is 9.55 Å². The number of nitrogens with zero attached hydrogens (tertiary/aromatic N) is 1. The molecule has 1 aliphatic heterocycles. The first kappa shape index (κ1) is 11.5. The van der Waals surface area contributed by atoms with Crippen molar-refractivity contribution in [2.24, 2.45) is 4.99 Å². The lowest BCUT2D eigenvalue weighted by Crippen LogP contribution is -2.28. The molecule has 0 saturated heterocycles. The first-order chi connectivity index (χ1) is 6.58. The molecule has 0 aliphatic carbocycles. The summed E-state index contributed by atoms with van der Waals surface area (Å²) >= 11 is 0. The number of amidine groups is 1. The number of hydrogen-bond donors (Lipinski definition) is 2. The summed E-state index contributed by atoms with van der Waals surface area (Å²) in [6.45, 7) is 1.05. The van der Waals surface area contributed by atoms with Gasteiger partial charge in [-0.1, -0.05) is 6.42 Å². The number of aliphatic imine (C=N–C) groups is 1. The molecule has 14 heavy (non-hydrogen) atoms. The first-order valence-corrected chi connectivity index (χ1v) is 6.41. The van der Waals surface area contributed by atoms with Crippen LogP contribution in [0, 0.1) is 0 Å². The van der Waals surface area contributed by atoms with Crippen LogP contribution in [-0.4, -0.2) is 37.6 Å². The Hall–Kier alpha value is -0.620. The predicted molar refractivity (Wildman–Crippen MR) is 55.2 cm³/mol. The highest BCUT2D eigenvalue weighted by Gasteiger charge is 2.06. The van der Waals surface area contributed by atoms with Crippen molar-refractivity contribution < 1.29 is 13.0 Å². The van der Waals surface area contributed by atoms with Gasteiger partial charge in [-0.15, -0.1) is 0 Å². The van der Waals surface area contributed by atoms with Crippen molar-refractivity contribution in [3.63, 3.8) is 0 Å². The Bertz CT molecular complexity index is 298. The zero-order valence-electron chi connectivity index (χ0n) is 8.07. The van der Waals surface area contributed by atoms with Crippen LogP contribution in [0.4, 0.5) is 0 Å². The Kier molecular flexibility index (Phi) is 4.34. The Balaban J connectivity index is 2.26. The van der Waals surface area contributed by atoms with Gasteiger partial charge in [0.25, 0.3) is 10.1 Å². The quantitative estimate of drug-likeness (QED) is 0.676. The molecular formula is C8H16N2O3S. The Labute approximate surface area is 84.4 Å². The summed E-state index contributed by atoms with van der Waals surface area (Å²) in [4.78, 5) is 4.27. The number of rotatable bonds is 3. The molecule has 0 saturated carbocycles. The lowest BCUT2D eigenvalue weighted by atomic mass is 10.2. The third kappa shape index (κ3) is 5.18. The molecule has 0 amide bonds. The molecule has 6 heteroatoms. The second-order valence-corrected chi connectivity index (χ2v) is 4.92. The van der Waals surface area contributed by atoms with E-state index >= 15 is 0 Å². The molecule has 0 fully saturated rings. The minimum Gasteiger partial charge on any atom is -0.373 e. The van der Waals surface area contributed by atoms with Gasteiger partial charge in [0, 0.05) is 19.5 Å². The lowest BCUT2D eigenvalue weighted by Gasteiger charge is -2.06. The molecular weight excluding hydrogens is 204 g/mol. The van der Waals surface area contributed by atoms with Crippen LogP contribution in [0.3, 0.4) is 0 Å². The second kappa shape index (κ2) is 5.31. The van der Waals surface area contributed by atoms with E-state index in [2.05, 4.69) is 10.3 Å². The van der Waals surface area contributed by atoms with Gasteiger partial charge in [0.1, 0.15) is 0 Å². The van der Waals surface area contributed by atoms with E-state index in [1.54, 1.807) is 0 Å². The first-order valence-electron chi connectivity index (χ1n) is 4.80. The van der Waals surface area contributed by atoms with Crippen LogP contribution in [0.2, 0.25) is 0 Å². The largest absolute Gasteiger partial charge is 0.373 e. The van der Waals surface area contributed by atoms with Gasteiger partial charge in [0.15, 0.2) is 0 Å². The summed E-state index contributed by atoms with van der Waals surface area (Å²) in [7, 11) is -3.85. The van der Waals surface area contributed by atoms with Gasteiger partial charge in [-0.2, -0.15) is 8.42 Å². The Morgan fingerprint density at radius 2 is 2.14 bits per heavy atom. The van der Waals surface area contributed by atoms with Gasteiger partial charge in [0.05, 0.1) is 11.6 Å². The molecule has 0 bridgehead atoms. The summed E-state index contributed by atoms with van der Waals surface area (Å²) in [6.07, 6.45) is 4.25. The molecule has 1 aliphatic rings. The highest BCUT2D eigenvalue weighted by atomic mass is 32.2. The average molecular weight is 220 g/mol. The Morgan fingerprint density at radius 1 is 1.36 bits per heavy atom. The minimum absolute atomic E-state index is 0.234. The minimum atomic E-state index is -3.85. The van der Waals surface area contributed by atoms with Gasteiger partial charge < -0.3 is 5.32 Å². The molecule has 0 aromatic rings. The van der Waals surface area contributed by atoms with Crippen LogP contribution >= 0.6 is 0 Å². The third-order valence-electron chi connectivity index (χ3n) is 2.06. The van der Waals surface area contributed by atoms with E-state index in [9.17, 15) is 8.42 Å². The molecule has 0 atom stereocenters. The normalized spacial score (nSPS) is 18.5. The lowest BCUT2D eigenvalue weighted by molar-refractivity contribution is 0.482. The molecule has 5 nitrogen and oxygen atoms in total. The van der Waals surface area contributed by atoms with Gasteiger partial charge in [0.2, 0.25) is 0 Å². The van der Waals surface area contributed by atoms with Crippen LogP contribution in [0.25, 0.3) is 0 Å². The molecule has 1 rings (SSSR count). The average Bonchev–Trinajstić information content (AvgIpc) is 2.30. The molecule has 2 N–H and O–H groups in total. The zero-order chi connectivity index (χ0) is 10.4. The van der Waals surface area contributed by atoms with E-state index in [0.717, 1.165) is 31.6 Å². The fraction of sp³-hybridized carbons (Fsp3) is 0.875. The van der Waals surface area contributed by atoms with Crippen molar-refractivity contribution in [1.29, 1.82) is 0 Å². The molecule has 0 spiro atoms. The van der Waals surface area contributed by atoms with Crippen molar-refractivity contribution in [3.05, 3.63) is 0 Å². The van der Waals surface area contributed by atoms with E-state index in [4.69, 9.17) is 4.55 Å². The fourth-order valence-electron chi connectivity index (χ4n) is 1.34. The SMILES string of the molecule is O=S(=O)(O)CCNC1=NCCCCC1. The van der Waals surface area contributed by atoms with Crippen molar-refractivity contribution in [2.45, 2.75) is 25.7 Å². The maximum Gasteiger partial charge on any atom is 0.266 e.